The fourth-order valence-electron chi connectivity index (χ4n) is 3.18. The SMILES string of the molecule is O=C(N[C@H](c1ccc(Br)cc1)c1ccc2cccnc2c1O)c1ccccc1. The molecule has 0 saturated carbocycles. The zero-order chi connectivity index (χ0) is 19.5. The van der Waals surface area contributed by atoms with E-state index in [2.05, 4.69) is 26.2 Å². The highest BCUT2D eigenvalue weighted by Gasteiger charge is 2.22. The Kier molecular flexibility index (Phi) is 5.08. The first-order chi connectivity index (χ1) is 13.6. The van der Waals surface area contributed by atoms with Gasteiger partial charge >= 0.3 is 0 Å². The number of nitrogens with one attached hydrogen (secondary N) is 1. The lowest BCUT2D eigenvalue weighted by Crippen LogP contribution is -2.29. The summed E-state index contributed by atoms with van der Waals surface area (Å²) in [5, 5.41) is 14.8. The molecule has 4 aromatic rings. The first-order valence-corrected chi connectivity index (χ1v) is 9.61. The summed E-state index contributed by atoms with van der Waals surface area (Å²) in [7, 11) is 0. The molecule has 1 aromatic heterocycles. The first-order valence-electron chi connectivity index (χ1n) is 8.81. The van der Waals surface area contributed by atoms with Gasteiger partial charge in [0.25, 0.3) is 5.91 Å². The molecule has 3 aromatic carbocycles. The highest BCUT2D eigenvalue weighted by Crippen LogP contribution is 2.35. The van der Waals surface area contributed by atoms with Crippen LogP contribution >= 0.6 is 15.9 Å². The van der Waals surface area contributed by atoms with Crippen LogP contribution < -0.4 is 5.32 Å². The molecule has 0 aliphatic heterocycles. The number of fused-ring (bicyclic) bond motifs is 1. The summed E-state index contributed by atoms with van der Waals surface area (Å²) in [6, 6.07) is 23.6. The summed E-state index contributed by atoms with van der Waals surface area (Å²) in [4.78, 5) is 17.1. The van der Waals surface area contributed by atoms with Crippen LogP contribution in [0.25, 0.3) is 10.9 Å². The van der Waals surface area contributed by atoms with Gasteiger partial charge in [0.1, 0.15) is 11.3 Å². The van der Waals surface area contributed by atoms with Crippen LogP contribution in [0.4, 0.5) is 0 Å². The van der Waals surface area contributed by atoms with Crippen molar-refractivity contribution in [3.8, 4) is 5.75 Å². The first kappa shape index (κ1) is 18.2. The number of carbonyl (C=O) groups is 1. The number of rotatable bonds is 4. The second-order valence-electron chi connectivity index (χ2n) is 6.40. The summed E-state index contributed by atoms with van der Waals surface area (Å²) in [5.74, 6) is -0.145. The molecule has 0 aliphatic rings. The molecule has 0 radical (unpaired) electrons. The van der Waals surface area contributed by atoms with E-state index in [4.69, 9.17) is 0 Å². The van der Waals surface area contributed by atoms with Gasteiger partial charge in [-0.2, -0.15) is 0 Å². The third-order valence-corrected chi connectivity index (χ3v) is 5.13. The summed E-state index contributed by atoms with van der Waals surface area (Å²) in [6.45, 7) is 0. The molecule has 0 aliphatic carbocycles. The van der Waals surface area contributed by atoms with Crippen LogP contribution in [-0.2, 0) is 0 Å². The number of halogens is 1. The van der Waals surface area contributed by atoms with Gasteiger partial charge in [0.15, 0.2) is 0 Å². The predicted molar refractivity (Wildman–Crippen MR) is 113 cm³/mol. The Hall–Kier alpha value is -3.18. The van der Waals surface area contributed by atoms with Crippen molar-refractivity contribution in [1.29, 1.82) is 0 Å². The van der Waals surface area contributed by atoms with E-state index in [0.29, 0.717) is 16.6 Å². The number of benzene rings is 3. The van der Waals surface area contributed by atoms with Gasteiger partial charge < -0.3 is 10.4 Å². The Morgan fingerprint density at radius 1 is 0.929 bits per heavy atom. The number of pyridine rings is 1. The minimum absolute atomic E-state index is 0.0689. The molecule has 0 fully saturated rings. The van der Waals surface area contributed by atoms with Gasteiger partial charge in [-0.25, -0.2) is 0 Å². The molecule has 138 valence electrons. The van der Waals surface area contributed by atoms with Gasteiger partial charge in [-0.3, -0.25) is 9.78 Å². The number of phenols is 1. The predicted octanol–water partition coefficient (Wildman–Crippen LogP) is 5.22. The van der Waals surface area contributed by atoms with Crippen LogP contribution in [0.1, 0.15) is 27.5 Å². The number of hydrogen-bond acceptors (Lipinski definition) is 3. The van der Waals surface area contributed by atoms with Crippen LogP contribution in [0.2, 0.25) is 0 Å². The van der Waals surface area contributed by atoms with Crippen molar-refractivity contribution in [3.05, 3.63) is 106 Å². The van der Waals surface area contributed by atoms with Crippen molar-refractivity contribution < 1.29 is 9.90 Å². The normalized spacial score (nSPS) is 11.9. The van der Waals surface area contributed by atoms with E-state index in [-0.39, 0.29) is 11.7 Å². The molecular formula is C23H17BrN2O2. The van der Waals surface area contributed by atoms with Gasteiger partial charge in [-0.1, -0.05) is 64.5 Å². The molecule has 5 heteroatoms. The third-order valence-electron chi connectivity index (χ3n) is 4.60. The van der Waals surface area contributed by atoms with Gasteiger partial charge in [-0.15, -0.1) is 0 Å². The number of aromatic nitrogens is 1. The lowest BCUT2D eigenvalue weighted by molar-refractivity contribution is 0.0942. The maximum Gasteiger partial charge on any atom is 0.252 e. The van der Waals surface area contributed by atoms with Gasteiger partial charge in [0.05, 0.1) is 6.04 Å². The van der Waals surface area contributed by atoms with Crippen LogP contribution in [0.3, 0.4) is 0 Å². The van der Waals surface area contributed by atoms with Crippen molar-refractivity contribution >= 4 is 32.7 Å². The largest absolute Gasteiger partial charge is 0.505 e. The highest BCUT2D eigenvalue weighted by atomic mass is 79.9. The Morgan fingerprint density at radius 3 is 2.43 bits per heavy atom. The number of carbonyl (C=O) groups excluding carboxylic acids is 1. The second-order valence-corrected chi connectivity index (χ2v) is 7.32. The molecule has 4 rings (SSSR count). The van der Waals surface area contributed by atoms with Gasteiger partial charge in [-0.05, 0) is 35.9 Å². The number of nitrogens with zero attached hydrogens (tertiary/aromatic N) is 1. The Labute approximate surface area is 171 Å². The van der Waals surface area contributed by atoms with Crippen molar-refractivity contribution in [1.82, 2.24) is 10.3 Å². The summed E-state index contributed by atoms with van der Waals surface area (Å²) < 4.78 is 0.939. The quantitative estimate of drug-likeness (QED) is 0.464. The Balaban J connectivity index is 1.80. The molecule has 2 N–H and O–H groups in total. The minimum atomic E-state index is -0.521. The van der Waals surface area contributed by atoms with Gasteiger partial charge in [0, 0.05) is 27.2 Å². The lowest BCUT2D eigenvalue weighted by Gasteiger charge is -2.21. The number of amides is 1. The lowest BCUT2D eigenvalue weighted by atomic mass is 9.96. The summed E-state index contributed by atoms with van der Waals surface area (Å²) in [5.41, 5.74) is 2.52. The number of aromatic hydroxyl groups is 1. The monoisotopic (exact) mass is 432 g/mol. The second kappa shape index (κ2) is 7.82. The molecule has 0 saturated heterocycles. The Morgan fingerprint density at radius 2 is 1.68 bits per heavy atom. The van der Waals surface area contributed by atoms with E-state index < -0.39 is 6.04 Å². The zero-order valence-corrected chi connectivity index (χ0v) is 16.4. The van der Waals surface area contributed by atoms with Crippen LogP contribution in [0.5, 0.6) is 5.75 Å². The van der Waals surface area contributed by atoms with E-state index in [1.165, 1.54) is 0 Å². The van der Waals surface area contributed by atoms with E-state index >= 15 is 0 Å². The average Bonchev–Trinajstić information content (AvgIpc) is 2.74. The standard InChI is InChI=1S/C23H17BrN2O2/c24-18-11-8-16(9-12-18)20(26-23(28)17-5-2-1-3-6-17)19-13-10-15-7-4-14-25-21(15)22(19)27/h1-14,20,27H,(H,26,28)/t20-/m1/s1. The fraction of sp³-hybridized carbons (Fsp3) is 0.0435. The highest BCUT2D eigenvalue weighted by molar-refractivity contribution is 9.10. The van der Waals surface area contributed by atoms with E-state index in [1.54, 1.807) is 18.3 Å². The molecule has 1 amide bonds. The summed E-state index contributed by atoms with van der Waals surface area (Å²) in [6.07, 6.45) is 1.64. The molecule has 1 heterocycles. The minimum Gasteiger partial charge on any atom is -0.505 e. The van der Waals surface area contributed by atoms with Crippen LogP contribution in [0, 0.1) is 0 Å². The van der Waals surface area contributed by atoms with Crippen LogP contribution in [0.15, 0.2) is 89.5 Å². The van der Waals surface area contributed by atoms with Crippen molar-refractivity contribution in [3.63, 3.8) is 0 Å². The molecule has 4 nitrogen and oxygen atoms in total. The number of phenolic OH excluding ortho intramolecular Hbond substituents is 1. The van der Waals surface area contributed by atoms with Crippen molar-refractivity contribution in [2.75, 3.05) is 0 Å². The fourth-order valence-corrected chi connectivity index (χ4v) is 3.44. The molecule has 28 heavy (non-hydrogen) atoms. The van der Waals surface area contributed by atoms with E-state index in [1.807, 2.05) is 66.7 Å². The third kappa shape index (κ3) is 3.62. The van der Waals surface area contributed by atoms with Crippen LogP contribution in [-0.4, -0.2) is 16.0 Å². The van der Waals surface area contributed by atoms with Gasteiger partial charge in [0.2, 0.25) is 0 Å². The molecule has 0 unspecified atom stereocenters. The maximum atomic E-state index is 12.8. The molecule has 1 atom stereocenters. The molecule has 0 spiro atoms. The average molecular weight is 433 g/mol. The van der Waals surface area contributed by atoms with Crippen molar-refractivity contribution in [2.45, 2.75) is 6.04 Å². The zero-order valence-electron chi connectivity index (χ0n) is 14.8. The summed E-state index contributed by atoms with van der Waals surface area (Å²) >= 11 is 3.44. The maximum absolute atomic E-state index is 12.8. The topological polar surface area (TPSA) is 62.2 Å². The van der Waals surface area contributed by atoms with Crippen molar-refractivity contribution in [2.24, 2.45) is 0 Å². The smallest absolute Gasteiger partial charge is 0.252 e. The molecular weight excluding hydrogens is 416 g/mol. The van der Waals surface area contributed by atoms with E-state index in [9.17, 15) is 9.90 Å². The molecule has 0 bridgehead atoms. The van der Waals surface area contributed by atoms with E-state index in [0.717, 1.165) is 15.4 Å². The Bertz CT molecular complexity index is 1130. The number of hydrogen-bond donors (Lipinski definition) is 2.